The lowest BCUT2D eigenvalue weighted by atomic mass is 10.2. The van der Waals surface area contributed by atoms with Gasteiger partial charge in [0.25, 0.3) is 5.91 Å². The molecule has 2 rings (SSSR count). The molecule has 25 heavy (non-hydrogen) atoms. The van der Waals surface area contributed by atoms with Gasteiger partial charge in [0.05, 0.1) is 19.1 Å². The Kier molecular flexibility index (Phi) is 6.81. The lowest BCUT2D eigenvalue weighted by Crippen LogP contribution is -2.39. The van der Waals surface area contributed by atoms with Gasteiger partial charge < -0.3 is 4.74 Å². The minimum Gasteiger partial charge on any atom is -0.497 e. The fourth-order valence-electron chi connectivity index (χ4n) is 2.72. The van der Waals surface area contributed by atoms with Gasteiger partial charge in [-0.2, -0.15) is 5.10 Å². The second-order valence-corrected chi connectivity index (χ2v) is 8.01. The summed E-state index contributed by atoms with van der Waals surface area (Å²) in [7, 11) is -2.12. The first-order valence-electron chi connectivity index (χ1n) is 8.36. The van der Waals surface area contributed by atoms with Crippen molar-refractivity contribution in [2.75, 3.05) is 24.2 Å². The van der Waals surface area contributed by atoms with Crippen LogP contribution in [0.15, 0.2) is 29.4 Å². The van der Waals surface area contributed by atoms with Crippen LogP contribution in [0.25, 0.3) is 0 Å². The van der Waals surface area contributed by atoms with Crippen LogP contribution in [0.1, 0.15) is 38.5 Å². The van der Waals surface area contributed by atoms with Crippen LogP contribution in [-0.2, 0) is 14.8 Å². The topological polar surface area (TPSA) is 88.1 Å². The molecule has 1 N–H and O–H groups in total. The molecule has 0 saturated heterocycles. The Balaban J connectivity index is 2.09. The molecule has 0 radical (unpaired) electrons. The highest BCUT2D eigenvalue weighted by Gasteiger charge is 2.21. The number of carbonyl (C=O) groups excluding carboxylic acids is 1. The Bertz CT molecular complexity index is 721. The average Bonchev–Trinajstić information content (AvgIpc) is 2.85. The molecule has 1 fully saturated rings. The predicted octanol–water partition coefficient (Wildman–Crippen LogP) is 2.29. The van der Waals surface area contributed by atoms with Crippen molar-refractivity contribution in [3.8, 4) is 5.75 Å². The molecule has 0 aliphatic heterocycles. The summed E-state index contributed by atoms with van der Waals surface area (Å²) in [6.45, 7) is -0.331. The van der Waals surface area contributed by atoms with Crippen LogP contribution < -0.4 is 14.5 Å². The van der Waals surface area contributed by atoms with Crippen LogP contribution in [0.3, 0.4) is 0 Å². The first-order valence-corrected chi connectivity index (χ1v) is 10.2. The van der Waals surface area contributed by atoms with Gasteiger partial charge in [-0.25, -0.2) is 13.8 Å². The van der Waals surface area contributed by atoms with Crippen LogP contribution in [0.4, 0.5) is 5.69 Å². The highest BCUT2D eigenvalue weighted by molar-refractivity contribution is 7.92. The summed E-state index contributed by atoms with van der Waals surface area (Å²) in [4.78, 5) is 12.2. The van der Waals surface area contributed by atoms with Crippen molar-refractivity contribution in [3.63, 3.8) is 0 Å². The number of amides is 1. The molecule has 1 aromatic carbocycles. The molecule has 7 nitrogen and oxygen atoms in total. The zero-order valence-electron chi connectivity index (χ0n) is 14.7. The molecule has 1 aliphatic carbocycles. The molecular weight excluding hydrogens is 342 g/mol. The number of rotatable bonds is 6. The Morgan fingerprint density at radius 1 is 1.24 bits per heavy atom. The summed E-state index contributed by atoms with van der Waals surface area (Å²) in [5.41, 5.74) is 3.84. The second-order valence-electron chi connectivity index (χ2n) is 6.10. The Labute approximate surface area is 149 Å². The maximum Gasteiger partial charge on any atom is 0.260 e. The number of anilines is 1. The maximum absolute atomic E-state index is 12.2. The fraction of sp³-hybridized carbons (Fsp3) is 0.529. The van der Waals surface area contributed by atoms with Gasteiger partial charge in [-0.15, -0.1) is 0 Å². The van der Waals surface area contributed by atoms with Gasteiger partial charge in [-0.3, -0.25) is 9.10 Å². The van der Waals surface area contributed by atoms with Crippen molar-refractivity contribution >= 4 is 27.3 Å². The monoisotopic (exact) mass is 367 g/mol. The summed E-state index contributed by atoms with van der Waals surface area (Å²) < 4.78 is 30.3. The van der Waals surface area contributed by atoms with Gasteiger partial charge >= 0.3 is 0 Å². The smallest absolute Gasteiger partial charge is 0.260 e. The van der Waals surface area contributed by atoms with Crippen molar-refractivity contribution in [2.24, 2.45) is 5.10 Å². The van der Waals surface area contributed by atoms with Gasteiger partial charge in [0.1, 0.15) is 12.3 Å². The molecule has 0 unspecified atom stereocenters. The average molecular weight is 367 g/mol. The minimum atomic E-state index is -3.62. The number of benzene rings is 1. The third-order valence-corrected chi connectivity index (χ3v) is 5.19. The van der Waals surface area contributed by atoms with E-state index in [1.165, 1.54) is 20.0 Å². The minimum absolute atomic E-state index is 0.331. The quantitative estimate of drug-likeness (QED) is 0.617. The van der Waals surface area contributed by atoms with E-state index >= 15 is 0 Å². The molecule has 0 bridgehead atoms. The number of ether oxygens (including phenoxy) is 1. The SMILES string of the molecule is COc1cccc(N(CC(=O)NN=C2CCCCCC2)S(C)(=O)=O)c1. The lowest BCUT2D eigenvalue weighted by molar-refractivity contribution is -0.119. The molecule has 1 aromatic rings. The van der Waals surface area contributed by atoms with E-state index in [0.29, 0.717) is 11.4 Å². The largest absolute Gasteiger partial charge is 0.497 e. The molecule has 0 spiro atoms. The van der Waals surface area contributed by atoms with E-state index in [0.717, 1.165) is 42.0 Å². The third-order valence-electron chi connectivity index (χ3n) is 4.05. The number of hydrazone groups is 1. The lowest BCUT2D eigenvalue weighted by Gasteiger charge is -2.21. The van der Waals surface area contributed by atoms with Crippen LogP contribution in [-0.4, -0.2) is 39.9 Å². The predicted molar refractivity (Wildman–Crippen MR) is 98.5 cm³/mol. The summed E-state index contributed by atoms with van der Waals surface area (Å²) in [5.74, 6) is 0.0512. The molecule has 8 heteroatoms. The van der Waals surface area contributed by atoms with Gasteiger partial charge in [0.2, 0.25) is 10.0 Å². The normalized spacial score (nSPS) is 15.2. The van der Waals surface area contributed by atoms with Crippen molar-refractivity contribution in [3.05, 3.63) is 24.3 Å². The number of nitrogens with one attached hydrogen (secondary N) is 1. The van der Waals surface area contributed by atoms with Gasteiger partial charge in [0.15, 0.2) is 0 Å². The van der Waals surface area contributed by atoms with Crippen LogP contribution in [0.2, 0.25) is 0 Å². The summed E-state index contributed by atoms with van der Waals surface area (Å²) in [5, 5.41) is 4.18. The first kappa shape index (κ1) is 19.2. The Hall–Kier alpha value is -2.09. The number of hydrogen-bond donors (Lipinski definition) is 1. The van der Waals surface area contributed by atoms with Gasteiger partial charge in [0, 0.05) is 11.8 Å². The highest BCUT2D eigenvalue weighted by Crippen LogP contribution is 2.22. The van der Waals surface area contributed by atoms with E-state index in [4.69, 9.17) is 4.74 Å². The maximum atomic E-state index is 12.2. The van der Waals surface area contributed by atoms with E-state index in [1.807, 2.05) is 0 Å². The number of nitrogens with zero attached hydrogens (tertiary/aromatic N) is 2. The molecule has 1 saturated carbocycles. The molecule has 0 atom stereocenters. The molecule has 1 amide bonds. The Morgan fingerprint density at radius 2 is 1.92 bits per heavy atom. The van der Waals surface area contributed by atoms with E-state index in [9.17, 15) is 13.2 Å². The zero-order chi connectivity index (χ0) is 18.3. The number of sulfonamides is 1. The third kappa shape index (κ3) is 6.04. The number of methoxy groups -OCH3 is 1. The van der Waals surface area contributed by atoms with Crippen LogP contribution in [0, 0.1) is 0 Å². The van der Waals surface area contributed by atoms with E-state index in [1.54, 1.807) is 24.3 Å². The van der Waals surface area contributed by atoms with E-state index < -0.39 is 15.9 Å². The van der Waals surface area contributed by atoms with Gasteiger partial charge in [-0.1, -0.05) is 18.9 Å². The summed E-state index contributed by atoms with van der Waals surface area (Å²) >= 11 is 0. The summed E-state index contributed by atoms with van der Waals surface area (Å²) in [6, 6.07) is 6.58. The van der Waals surface area contributed by atoms with Crippen molar-refractivity contribution in [1.82, 2.24) is 5.43 Å². The molecular formula is C17H25N3O4S. The zero-order valence-corrected chi connectivity index (χ0v) is 15.5. The van der Waals surface area contributed by atoms with Crippen LogP contribution >= 0.6 is 0 Å². The van der Waals surface area contributed by atoms with Crippen molar-refractivity contribution in [2.45, 2.75) is 38.5 Å². The van der Waals surface area contributed by atoms with E-state index in [-0.39, 0.29) is 6.54 Å². The molecule has 1 aliphatic rings. The van der Waals surface area contributed by atoms with Crippen LogP contribution in [0.5, 0.6) is 5.75 Å². The second kappa shape index (κ2) is 8.84. The first-order chi connectivity index (χ1) is 11.9. The number of hydrogen-bond acceptors (Lipinski definition) is 5. The molecule has 138 valence electrons. The fourth-order valence-corrected chi connectivity index (χ4v) is 3.57. The standard InChI is InChI=1S/C17H25N3O4S/c1-24-16-11-7-10-15(12-16)20(25(2,22)23)13-17(21)19-18-14-8-5-3-4-6-9-14/h7,10-12H,3-6,8-9,13H2,1-2H3,(H,19,21). The molecule has 0 heterocycles. The van der Waals surface area contributed by atoms with Crippen molar-refractivity contribution < 1.29 is 17.9 Å². The summed E-state index contributed by atoms with van der Waals surface area (Å²) in [6.07, 6.45) is 7.35. The molecule has 0 aromatic heterocycles. The van der Waals surface area contributed by atoms with Crippen molar-refractivity contribution in [1.29, 1.82) is 0 Å². The number of carbonyl (C=O) groups is 1. The Morgan fingerprint density at radius 3 is 2.52 bits per heavy atom. The van der Waals surface area contributed by atoms with E-state index in [2.05, 4.69) is 10.5 Å². The van der Waals surface area contributed by atoms with Gasteiger partial charge in [-0.05, 0) is 37.8 Å². The highest BCUT2D eigenvalue weighted by atomic mass is 32.2.